The molecule has 0 spiro atoms. The van der Waals surface area contributed by atoms with E-state index in [4.69, 9.17) is 4.99 Å². The molecule has 0 saturated carbocycles. The van der Waals surface area contributed by atoms with Crippen LogP contribution in [0.3, 0.4) is 0 Å². The first-order chi connectivity index (χ1) is 16.5. The molecule has 0 aliphatic carbocycles. The summed E-state index contributed by atoms with van der Waals surface area (Å²) in [6.07, 6.45) is 2.91. The fraction of sp³-hybridized carbons (Fsp3) is 0.148. The van der Waals surface area contributed by atoms with E-state index in [0.717, 1.165) is 45.8 Å². The number of rotatable bonds is 6. The molecule has 2 aromatic heterocycles. The van der Waals surface area contributed by atoms with Gasteiger partial charge in [-0.2, -0.15) is 0 Å². The third kappa shape index (κ3) is 4.30. The maximum absolute atomic E-state index is 11.1. The largest absolute Gasteiger partial charge is 0.361 e. The second-order valence-electron chi connectivity index (χ2n) is 8.37. The van der Waals surface area contributed by atoms with Crippen LogP contribution in [0.5, 0.6) is 0 Å². The smallest absolute Gasteiger partial charge is 0.269 e. The zero-order chi connectivity index (χ0) is 23.7. The van der Waals surface area contributed by atoms with Gasteiger partial charge in [-0.3, -0.25) is 10.1 Å². The summed E-state index contributed by atoms with van der Waals surface area (Å²) in [7, 11) is 0. The Kier molecular flexibility index (Phi) is 5.86. The van der Waals surface area contributed by atoms with Crippen molar-refractivity contribution in [2.24, 2.45) is 4.99 Å². The fourth-order valence-corrected chi connectivity index (χ4v) is 5.08. The van der Waals surface area contributed by atoms with Gasteiger partial charge in [0.2, 0.25) is 0 Å². The molecule has 5 rings (SSSR count). The molecule has 0 radical (unpaired) electrons. The molecule has 2 heterocycles. The molecule has 0 aliphatic heterocycles. The average Bonchev–Trinajstić information content (AvgIpc) is 3.44. The van der Waals surface area contributed by atoms with E-state index in [9.17, 15) is 10.1 Å². The van der Waals surface area contributed by atoms with Crippen molar-refractivity contribution >= 4 is 33.6 Å². The molecular formula is C27H24N4O2S. The number of aromatic nitrogens is 2. The first-order valence-electron chi connectivity index (χ1n) is 11.1. The first-order valence-corrected chi connectivity index (χ1v) is 12.0. The summed E-state index contributed by atoms with van der Waals surface area (Å²) in [5, 5.41) is 14.4. The lowest BCUT2D eigenvalue weighted by molar-refractivity contribution is -0.384. The highest BCUT2D eigenvalue weighted by atomic mass is 32.1. The number of thiazole rings is 1. The number of nitro groups is 1. The Morgan fingerprint density at radius 2 is 1.85 bits per heavy atom. The zero-order valence-electron chi connectivity index (χ0n) is 19.0. The second kappa shape index (κ2) is 9.11. The SMILES string of the molecule is Cc1ccc(C)c(N=c2scc(-c3ccc([N+](=O)[O-])cc3)n2CCc2c[nH]c3ccccc23)c1. The molecule has 34 heavy (non-hydrogen) atoms. The summed E-state index contributed by atoms with van der Waals surface area (Å²) in [6, 6.07) is 21.3. The topological polar surface area (TPSA) is 76.2 Å². The van der Waals surface area contributed by atoms with Crippen molar-refractivity contribution in [1.82, 2.24) is 9.55 Å². The summed E-state index contributed by atoms with van der Waals surface area (Å²) in [5.74, 6) is 0. The van der Waals surface area contributed by atoms with Gasteiger partial charge in [0.25, 0.3) is 5.69 Å². The van der Waals surface area contributed by atoms with Gasteiger partial charge in [-0.15, -0.1) is 11.3 Å². The highest BCUT2D eigenvalue weighted by Gasteiger charge is 2.12. The fourth-order valence-electron chi connectivity index (χ4n) is 4.13. The van der Waals surface area contributed by atoms with E-state index in [1.165, 1.54) is 16.5 Å². The predicted molar refractivity (Wildman–Crippen MR) is 138 cm³/mol. The van der Waals surface area contributed by atoms with Crippen molar-refractivity contribution in [2.45, 2.75) is 26.8 Å². The van der Waals surface area contributed by atoms with E-state index in [1.807, 2.05) is 18.2 Å². The minimum atomic E-state index is -0.371. The Labute approximate surface area is 201 Å². The van der Waals surface area contributed by atoms with Crippen molar-refractivity contribution in [1.29, 1.82) is 0 Å². The molecule has 0 aliphatic rings. The molecule has 0 unspecified atom stereocenters. The standard InChI is InChI=1S/C27H24N4O2S/c1-18-7-8-19(2)25(15-18)29-27-30(14-13-21-16-28-24-6-4-3-5-23(21)24)26(17-34-27)20-9-11-22(12-10-20)31(32)33/h3-12,15-17,28H,13-14H2,1-2H3. The quantitative estimate of drug-likeness (QED) is 0.222. The van der Waals surface area contributed by atoms with Crippen LogP contribution in [0, 0.1) is 24.0 Å². The molecule has 0 saturated heterocycles. The maximum Gasteiger partial charge on any atom is 0.269 e. The van der Waals surface area contributed by atoms with Crippen LogP contribution in [-0.2, 0) is 13.0 Å². The Morgan fingerprint density at radius 1 is 1.06 bits per heavy atom. The summed E-state index contributed by atoms with van der Waals surface area (Å²) in [6.45, 7) is 4.88. The van der Waals surface area contributed by atoms with Gasteiger partial charge in [0.1, 0.15) is 0 Å². The van der Waals surface area contributed by atoms with E-state index in [2.05, 4.69) is 71.4 Å². The Balaban J connectivity index is 1.58. The number of H-pyrrole nitrogens is 1. The number of hydrogen-bond donors (Lipinski definition) is 1. The van der Waals surface area contributed by atoms with E-state index in [0.29, 0.717) is 0 Å². The highest BCUT2D eigenvalue weighted by molar-refractivity contribution is 7.07. The third-order valence-electron chi connectivity index (χ3n) is 6.03. The van der Waals surface area contributed by atoms with Crippen molar-refractivity contribution in [3.8, 4) is 11.3 Å². The van der Waals surface area contributed by atoms with Crippen LogP contribution < -0.4 is 4.80 Å². The number of aromatic amines is 1. The normalized spacial score (nSPS) is 11.9. The van der Waals surface area contributed by atoms with E-state index in [-0.39, 0.29) is 10.6 Å². The molecule has 1 N–H and O–H groups in total. The molecule has 6 nitrogen and oxygen atoms in total. The molecule has 0 bridgehead atoms. The number of nitro benzene ring substituents is 1. The van der Waals surface area contributed by atoms with Crippen LogP contribution in [0.15, 0.2) is 83.3 Å². The number of benzene rings is 3. The van der Waals surface area contributed by atoms with Gasteiger partial charge in [0, 0.05) is 41.2 Å². The Morgan fingerprint density at radius 3 is 2.65 bits per heavy atom. The molecule has 0 fully saturated rings. The van der Waals surface area contributed by atoms with E-state index in [1.54, 1.807) is 23.5 Å². The van der Waals surface area contributed by atoms with Gasteiger partial charge in [0.05, 0.1) is 16.3 Å². The highest BCUT2D eigenvalue weighted by Crippen LogP contribution is 2.26. The van der Waals surface area contributed by atoms with Crippen LogP contribution in [0.2, 0.25) is 0 Å². The lowest BCUT2D eigenvalue weighted by Gasteiger charge is -2.10. The van der Waals surface area contributed by atoms with Crippen molar-refractivity contribution in [3.05, 3.63) is 110 Å². The lowest BCUT2D eigenvalue weighted by Crippen LogP contribution is -2.17. The average molecular weight is 469 g/mol. The van der Waals surface area contributed by atoms with Crippen LogP contribution in [0.1, 0.15) is 16.7 Å². The van der Waals surface area contributed by atoms with Crippen molar-refractivity contribution in [2.75, 3.05) is 0 Å². The Bertz CT molecular complexity index is 1560. The van der Waals surface area contributed by atoms with Crippen LogP contribution in [0.25, 0.3) is 22.2 Å². The second-order valence-corrected chi connectivity index (χ2v) is 9.21. The van der Waals surface area contributed by atoms with Crippen LogP contribution in [-0.4, -0.2) is 14.5 Å². The maximum atomic E-state index is 11.1. The Hall–Kier alpha value is -3.97. The van der Waals surface area contributed by atoms with Gasteiger partial charge >= 0.3 is 0 Å². The monoisotopic (exact) mass is 468 g/mol. The lowest BCUT2D eigenvalue weighted by atomic mass is 10.1. The van der Waals surface area contributed by atoms with Gasteiger partial charge in [-0.25, -0.2) is 4.99 Å². The molecule has 0 atom stereocenters. The summed E-state index contributed by atoms with van der Waals surface area (Å²) in [5.41, 5.74) is 7.65. The van der Waals surface area contributed by atoms with E-state index < -0.39 is 0 Å². The molecule has 0 amide bonds. The number of aryl methyl sites for hydroxylation is 3. The number of para-hydroxylation sites is 1. The summed E-state index contributed by atoms with van der Waals surface area (Å²) < 4.78 is 2.22. The van der Waals surface area contributed by atoms with Gasteiger partial charge in [-0.05, 0) is 66.8 Å². The van der Waals surface area contributed by atoms with Gasteiger partial charge in [0.15, 0.2) is 4.80 Å². The van der Waals surface area contributed by atoms with Crippen LogP contribution >= 0.6 is 11.3 Å². The third-order valence-corrected chi connectivity index (χ3v) is 6.90. The molecule has 3 aromatic carbocycles. The number of hydrogen-bond acceptors (Lipinski definition) is 4. The first kappa shape index (κ1) is 21.9. The molecular weight excluding hydrogens is 444 g/mol. The minimum Gasteiger partial charge on any atom is -0.361 e. The summed E-state index contributed by atoms with van der Waals surface area (Å²) >= 11 is 1.59. The van der Waals surface area contributed by atoms with Crippen LogP contribution in [0.4, 0.5) is 11.4 Å². The zero-order valence-corrected chi connectivity index (χ0v) is 19.8. The minimum absolute atomic E-state index is 0.0876. The predicted octanol–water partition coefficient (Wildman–Crippen LogP) is 6.70. The molecule has 5 aromatic rings. The number of nitrogens with one attached hydrogen (secondary N) is 1. The van der Waals surface area contributed by atoms with E-state index >= 15 is 0 Å². The van der Waals surface area contributed by atoms with Gasteiger partial charge in [-0.1, -0.05) is 30.3 Å². The number of nitrogens with zero attached hydrogens (tertiary/aromatic N) is 3. The van der Waals surface area contributed by atoms with Gasteiger partial charge < -0.3 is 9.55 Å². The number of fused-ring (bicyclic) bond motifs is 1. The van der Waals surface area contributed by atoms with Crippen molar-refractivity contribution < 1.29 is 4.92 Å². The molecule has 7 heteroatoms. The molecule has 170 valence electrons. The van der Waals surface area contributed by atoms with Crippen molar-refractivity contribution in [3.63, 3.8) is 0 Å². The summed E-state index contributed by atoms with van der Waals surface area (Å²) in [4.78, 5) is 20.0. The number of non-ortho nitro benzene ring substituents is 1.